The molecule has 1 aliphatic carbocycles. The van der Waals surface area contributed by atoms with Crippen LogP contribution in [-0.4, -0.2) is 28.8 Å². The number of thiazole rings is 1. The first-order chi connectivity index (χ1) is 11.0. The van der Waals surface area contributed by atoms with Gasteiger partial charge in [0.25, 0.3) is 0 Å². The fraction of sp³-hybridized carbons (Fsp3) is 0.412. The van der Waals surface area contributed by atoms with E-state index in [0.29, 0.717) is 13.0 Å². The van der Waals surface area contributed by atoms with Crippen LogP contribution in [0.4, 0.5) is 4.79 Å². The lowest BCUT2D eigenvalue weighted by Gasteiger charge is -2.18. The van der Waals surface area contributed by atoms with Crippen molar-refractivity contribution in [3.8, 4) is 0 Å². The van der Waals surface area contributed by atoms with Crippen molar-refractivity contribution in [2.24, 2.45) is 0 Å². The number of aliphatic hydroxyl groups is 1. The molecule has 1 aliphatic rings. The van der Waals surface area contributed by atoms with E-state index in [1.165, 1.54) is 4.88 Å². The summed E-state index contributed by atoms with van der Waals surface area (Å²) in [6, 6.07) is 7.23. The van der Waals surface area contributed by atoms with E-state index in [2.05, 4.69) is 22.5 Å². The number of aryl methyl sites for hydroxylation is 2. The summed E-state index contributed by atoms with van der Waals surface area (Å²) in [5, 5.41) is 16.9. The van der Waals surface area contributed by atoms with Gasteiger partial charge in [0.1, 0.15) is 0 Å². The molecule has 3 N–H and O–H groups in total. The van der Waals surface area contributed by atoms with Crippen molar-refractivity contribution in [2.75, 3.05) is 6.54 Å². The van der Waals surface area contributed by atoms with Gasteiger partial charge < -0.3 is 15.7 Å². The van der Waals surface area contributed by atoms with Crippen LogP contribution >= 0.6 is 11.3 Å². The first-order valence-electron chi connectivity index (χ1n) is 7.77. The maximum Gasteiger partial charge on any atom is 0.315 e. The highest BCUT2D eigenvalue weighted by Crippen LogP contribution is 2.31. The van der Waals surface area contributed by atoms with Gasteiger partial charge in [-0.1, -0.05) is 24.3 Å². The van der Waals surface area contributed by atoms with Crippen LogP contribution in [0.5, 0.6) is 0 Å². The lowest BCUT2D eigenvalue weighted by atomic mass is 10.1. The van der Waals surface area contributed by atoms with Crippen molar-refractivity contribution in [3.63, 3.8) is 0 Å². The number of aliphatic hydroxyl groups excluding tert-OH is 1. The average Bonchev–Trinajstić information content (AvgIpc) is 2.99. The van der Waals surface area contributed by atoms with Crippen molar-refractivity contribution in [1.29, 1.82) is 0 Å². The molecule has 23 heavy (non-hydrogen) atoms. The zero-order valence-electron chi connectivity index (χ0n) is 13.3. The van der Waals surface area contributed by atoms with E-state index in [0.717, 1.165) is 28.2 Å². The standard InChI is InChI=1S/C17H21N3O2S/c1-10-11(2)23-15(19-10)7-8-18-17(22)20-16-13-6-4-3-5-12(13)9-14(16)21/h3-6,14,16,21H,7-9H2,1-2H3,(H2,18,20,22). The number of amides is 2. The van der Waals surface area contributed by atoms with Crippen LogP contribution in [0.15, 0.2) is 24.3 Å². The summed E-state index contributed by atoms with van der Waals surface area (Å²) in [7, 11) is 0. The first-order valence-corrected chi connectivity index (χ1v) is 8.59. The summed E-state index contributed by atoms with van der Waals surface area (Å²) < 4.78 is 0. The number of urea groups is 1. The lowest BCUT2D eigenvalue weighted by Crippen LogP contribution is -2.41. The maximum absolute atomic E-state index is 12.1. The number of aromatic nitrogens is 1. The fourth-order valence-corrected chi connectivity index (χ4v) is 3.80. The van der Waals surface area contributed by atoms with Crippen LogP contribution in [0.2, 0.25) is 0 Å². The molecule has 6 heteroatoms. The maximum atomic E-state index is 12.1. The zero-order valence-corrected chi connectivity index (χ0v) is 14.1. The van der Waals surface area contributed by atoms with E-state index < -0.39 is 6.10 Å². The molecule has 0 saturated carbocycles. The third-order valence-electron chi connectivity index (χ3n) is 4.19. The summed E-state index contributed by atoms with van der Waals surface area (Å²) in [5.41, 5.74) is 3.15. The highest BCUT2D eigenvalue weighted by molar-refractivity contribution is 7.11. The molecule has 2 unspecified atom stereocenters. The Balaban J connectivity index is 1.52. The van der Waals surface area contributed by atoms with Crippen LogP contribution < -0.4 is 10.6 Å². The Hall–Kier alpha value is -1.92. The van der Waals surface area contributed by atoms with Crippen LogP contribution in [0.1, 0.15) is 32.7 Å². The van der Waals surface area contributed by atoms with Crippen LogP contribution in [0, 0.1) is 13.8 Å². The number of carbonyl (C=O) groups excluding carboxylic acids is 1. The number of nitrogens with zero attached hydrogens (tertiary/aromatic N) is 1. The Labute approximate surface area is 139 Å². The fourth-order valence-electron chi connectivity index (χ4n) is 2.87. The summed E-state index contributed by atoms with van der Waals surface area (Å²) in [5.74, 6) is 0. The quantitative estimate of drug-likeness (QED) is 0.804. The third-order valence-corrected chi connectivity index (χ3v) is 5.32. The van der Waals surface area contributed by atoms with E-state index in [-0.39, 0.29) is 12.1 Å². The van der Waals surface area contributed by atoms with Crippen molar-refractivity contribution < 1.29 is 9.90 Å². The van der Waals surface area contributed by atoms with Gasteiger partial charge in [-0.3, -0.25) is 0 Å². The van der Waals surface area contributed by atoms with Crippen molar-refractivity contribution >= 4 is 17.4 Å². The van der Waals surface area contributed by atoms with Crippen LogP contribution in [0.25, 0.3) is 0 Å². The monoisotopic (exact) mass is 331 g/mol. The Bertz CT molecular complexity index is 694. The van der Waals surface area contributed by atoms with E-state index in [4.69, 9.17) is 0 Å². The molecule has 2 aromatic rings. The van der Waals surface area contributed by atoms with Gasteiger partial charge in [-0.15, -0.1) is 11.3 Å². The molecule has 1 aromatic carbocycles. The lowest BCUT2D eigenvalue weighted by molar-refractivity contribution is 0.142. The molecule has 0 fully saturated rings. The minimum atomic E-state index is -0.567. The Morgan fingerprint density at radius 2 is 2.17 bits per heavy atom. The topological polar surface area (TPSA) is 74.2 Å². The average molecular weight is 331 g/mol. The largest absolute Gasteiger partial charge is 0.390 e. The predicted octanol–water partition coefficient (Wildman–Crippen LogP) is 2.26. The number of hydrogen-bond donors (Lipinski definition) is 3. The van der Waals surface area contributed by atoms with E-state index >= 15 is 0 Å². The second kappa shape index (κ2) is 6.68. The molecule has 1 heterocycles. The van der Waals surface area contributed by atoms with E-state index in [1.54, 1.807) is 11.3 Å². The van der Waals surface area contributed by atoms with Crippen LogP contribution in [0.3, 0.4) is 0 Å². The minimum Gasteiger partial charge on any atom is -0.390 e. The normalized spacial score (nSPS) is 19.4. The van der Waals surface area contributed by atoms with Gasteiger partial charge in [0.15, 0.2) is 0 Å². The van der Waals surface area contributed by atoms with Crippen LogP contribution in [-0.2, 0) is 12.8 Å². The molecule has 122 valence electrons. The molecule has 0 aliphatic heterocycles. The Morgan fingerprint density at radius 3 is 2.91 bits per heavy atom. The first kappa shape index (κ1) is 16.0. The molecular weight excluding hydrogens is 310 g/mol. The summed E-state index contributed by atoms with van der Waals surface area (Å²) >= 11 is 1.67. The van der Waals surface area contributed by atoms with Gasteiger partial charge in [0.2, 0.25) is 0 Å². The molecule has 5 nitrogen and oxygen atoms in total. The molecule has 2 atom stereocenters. The number of nitrogens with one attached hydrogen (secondary N) is 2. The van der Waals surface area contributed by atoms with Gasteiger partial charge in [-0.25, -0.2) is 9.78 Å². The molecular formula is C17H21N3O2S. The number of hydrogen-bond acceptors (Lipinski definition) is 4. The molecule has 2 amide bonds. The summed E-state index contributed by atoms with van der Waals surface area (Å²) in [6.07, 6.45) is 0.734. The highest BCUT2D eigenvalue weighted by atomic mass is 32.1. The molecule has 0 saturated heterocycles. The second-order valence-electron chi connectivity index (χ2n) is 5.85. The Kier molecular flexibility index (Phi) is 4.63. The van der Waals surface area contributed by atoms with Gasteiger partial charge in [-0.05, 0) is 25.0 Å². The summed E-state index contributed by atoms with van der Waals surface area (Å²) in [6.45, 7) is 4.58. The van der Waals surface area contributed by atoms with Gasteiger partial charge in [0.05, 0.1) is 22.8 Å². The van der Waals surface area contributed by atoms with Crippen molar-refractivity contribution in [2.45, 2.75) is 38.8 Å². The molecule has 0 radical (unpaired) electrons. The van der Waals surface area contributed by atoms with Gasteiger partial charge >= 0.3 is 6.03 Å². The van der Waals surface area contributed by atoms with Crippen molar-refractivity contribution in [1.82, 2.24) is 15.6 Å². The van der Waals surface area contributed by atoms with E-state index in [1.807, 2.05) is 31.2 Å². The summed E-state index contributed by atoms with van der Waals surface area (Å²) in [4.78, 5) is 17.7. The van der Waals surface area contributed by atoms with Gasteiger partial charge in [-0.2, -0.15) is 0 Å². The number of benzene rings is 1. The number of carbonyl (C=O) groups is 1. The molecule has 0 bridgehead atoms. The number of fused-ring (bicyclic) bond motifs is 1. The van der Waals surface area contributed by atoms with Crippen molar-refractivity contribution in [3.05, 3.63) is 51.0 Å². The number of rotatable bonds is 4. The molecule has 1 aromatic heterocycles. The zero-order chi connectivity index (χ0) is 16.4. The third kappa shape index (κ3) is 3.54. The SMILES string of the molecule is Cc1nc(CCNC(=O)NC2c3ccccc3CC2O)sc1C. The highest BCUT2D eigenvalue weighted by Gasteiger charge is 2.31. The predicted molar refractivity (Wildman–Crippen MR) is 90.7 cm³/mol. The van der Waals surface area contributed by atoms with E-state index in [9.17, 15) is 9.90 Å². The molecule has 0 spiro atoms. The minimum absolute atomic E-state index is 0.254. The second-order valence-corrected chi connectivity index (χ2v) is 7.14. The Morgan fingerprint density at radius 1 is 1.39 bits per heavy atom. The van der Waals surface area contributed by atoms with Gasteiger partial charge in [0, 0.05) is 24.3 Å². The molecule has 3 rings (SSSR count). The smallest absolute Gasteiger partial charge is 0.315 e.